The second-order valence-corrected chi connectivity index (χ2v) is 7.21. The highest BCUT2D eigenvalue weighted by Gasteiger charge is 2.25. The van der Waals surface area contributed by atoms with E-state index in [1.54, 1.807) is 6.07 Å². The van der Waals surface area contributed by atoms with Crippen LogP contribution in [-0.4, -0.2) is 11.9 Å². The highest BCUT2D eigenvalue weighted by molar-refractivity contribution is 6.32. The Morgan fingerprint density at radius 1 is 1.12 bits per heavy atom. The van der Waals surface area contributed by atoms with E-state index in [4.69, 9.17) is 16.3 Å². The van der Waals surface area contributed by atoms with E-state index in [9.17, 15) is 9.18 Å². The molecule has 0 aliphatic carbocycles. The number of carbonyl (C=O) groups excluding carboxylic acids is 1. The number of cyclic esters (lactones) is 1. The second-order valence-electron chi connectivity index (χ2n) is 6.80. The quantitative estimate of drug-likeness (QED) is 0.552. The van der Waals surface area contributed by atoms with Crippen LogP contribution in [0.4, 0.5) is 4.39 Å². The van der Waals surface area contributed by atoms with Crippen LogP contribution in [0.5, 0.6) is 0 Å². The molecule has 1 aliphatic heterocycles. The predicted octanol–water partition coefficient (Wildman–Crippen LogP) is 5.12. The van der Waals surface area contributed by atoms with Crippen molar-refractivity contribution in [2.75, 3.05) is 0 Å². The molecular formula is C20H17ClFNO2. The summed E-state index contributed by atoms with van der Waals surface area (Å²) in [7, 11) is 0. The van der Waals surface area contributed by atoms with Crippen LogP contribution in [0.25, 0.3) is 6.08 Å². The molecular weight excluding hydrogens is 341 g/mol. The van der Waals surface area contributed by atoms with Crippen molar-refractivity contribution in [1.82, 2.24) is 0 Å². The van der Waals surface area contributed by atoms with Gasteiger partial charge in [0.25, 0.3) is 0 Å². The summed E-state index contributed by atoms with van der Waals surface area (Å²) in [6, 6.07) is 12.0. The van der Waals surface area contributed by atoms with Crippen molar-refractivity contribution in [1.29, 1.82) is 0 Å². The minimum absolute atomic E-state index is 0.0156. The van der Waals surface area contributed by atoms with Crippen molar-refractivity contribution in [2.45, 2.75) is 26.2 Å². The summed E-state index contributed by atoms with van der Waals surface area (Å²) in [6.45, 7) is 6.36. The van der Waals surface area contributed by atoms with Crippen LogP contribution >= 0.6 is 11.6 Å². The molecule has 2 aromatic carbocycles. The van der Waals surface area contributed by atoms with Crippen LogP contribution in [-0.2, 0) is 14.9 Å². The first-order chi connectivity index (χ1) is 11.8. The van der Waals surface area contributed by atoms with Gasteiger partial charge in [0.05, 0.1) is 5.02 Å². The van der Waals surface area contributed by atoms with Gasteiger partial charge in [0.2, 0.25) is 5.90 Å². The Balaban J connectivity index is 1.94. The molecule has 0 amide bonds. The van der Waals surface area contributed by atoms with Crippen molar-refractivity contribution in [3.8, 4) is 0 Å². The maximum atomic E-state index is 13.9. The van der Waals surface area contributed by atoms with Gasteiger partial charge < -0.3 is 4.74 Å². The molecule has 25 heavy (non-hydrogen) atoms. The average molecular weight is 358 g/mol. The highest BCUT2D eigenvalue weighted by atomic mass is 35.5. The van der Waals surface area contributed by atoms with Gasteiger partial charge in [0.15, 0.2) is 5.70 Å². The predicted molar refractivity (Wildman–Crippen MR) is 97.2 cm³/mol. The fraction of sp³-hybridized carbons (Fsp3) is 0.200. The van der Waals surface area contributed by atoms with Gasteiger partial charge in [-0.2, -0.15) is 0 Å². The minimum Gasteiger partial charge on any atom is -0.402 e. The van der Waals surface area contributed by atoms with Crippen LogP contribution in [0.1, 0.15) is 37.5 Å². The lowest BCUT2D eigenvalue weighted by molar-refractivity contribution is -0.129. The summed E-state index contributed by atoms with van der Waals surface area (Å²) < 4.78 is 19.1. The van der Waals surface area contributed by atoms with E-state index in [0.29, 0.717) is 5.56 Å². The molecule has 0 radical (unpaired) electrons. The molecule has 1 heterocycles. The van der Waals surface area contributed by atoms with E-state index in [1.807, 2.05) is 24.3 Å². The monoisotopic (exact) mass is 357 g/mol. The van der Waals surface area contributed by atoms with E-state index < -0.39 is 11.8 Å². The summed E-state index contributed by atoms with van der Waals surface area (Å²) in [5, 5.41) is 0.207. The Morgan fingerprint density at radius 2 is 1.80 bits per heavy atom. The van der Waals surface area contributed by atoms with Gasteiger partial charge in [-0.3, -0.25) is 0 Å². The minimum atomic E-state index is -0.630. The van der Waals surface area contributed by atoms with Gasteiger partial charge in [0, 0.05) is 11.1 Å². The Hall–Kier alpha value is -2.46. The Morgan fingerprint density at radius 3 is 2.40 bits per heavy atom. The summed E-state index contributed by atoms with van der Waals surface area (Å²) in [4.78, 5) is 16.2. The Bertz CT molecular complexity index is 873. The van der Waals surface area contributed by atoms with Crippen LogP contribution < -0.4 is 0 Å². The molecule has 2 aromatic rings. The standard InChI is InChI=1S/C20H17ClFNO2/c1-20(2,3)13-9-7-12(8-10-13)18-23-17(19(24)25-18)11-14-15(21)5-4-6-16(14)22/h4-11H,1-3H3. The SMILES string of the molecule is CC(C)(C)c1ccc(C2=NC(=Cc3c(F)cccc3Cl)C(=O)O2)cc1. The highest BCUT2D eigenvalue weighted by Crippen LogP contribution is 2.26. The first kappa shape index (κ1) is 17.4. The fourth-order valence-corrected chi connectivity index (χ4v) is 2.65. The number of halogens is 2. The van der Waals surface area contributed by atoms with E-state index in [0.717, 1.165) is 5.56 Å². The molecule has 0 aromatic heterocycles. The van der Waals surface area contributed by atoms with Gasteiger partial charge in [-0.1, -0.05) is 50.6 Å². The maximum absolute atomic E-state index is 13.9. The molecule has 128 valence electrons. The van der Waals surface area contributed by atoms with Crippen molar-refractivity contribution in [2.24, 2.45) is 4.99 Å². The molecule has 1 aliphatic rings. The lowest BCUT2D eigenvalue weighted by Crippen LogP contribution is -2.11. The van der Waals surface area contributed by atoms with E-state index in [2.05, 4.69) is 25.8 Å². The molecule has 0 saturated carbocycles. The first-order valence-corrected chi connectivity index (χ1v) is 8.21. The summed E-state index contributed by atoms with van der Waals surface area (Å²) in [5.74, 6) is -0.954. The molecule has 5 heteroatoms. The van der Waals surface area contributed by atoms with Gasteiger partial charge in [-0.25, -0.2) is 14.2 Å². The van der Waals surface area contributed by atoms with E-state index in [1.165, 1.54) is 18.2 Å². The zero-order valence-corrected chi connectivity index (χ0v) is 14.9. The lowest BCUT2D eigenvalue weighted by atomic mass is 9.87. The summed E-state index contributed by atoms with van der Waals surface area (Å²) in [5.41, 5.74) is 2.00. The third-order valence-electron chi connectivity index (χ3n) is 3.90. The number of benzene rings is 2. The zero-order valence-electron chi connectivity index (χ0n) is 14.1. The molecule has 0 spiro atoms. The number of aliphatic imine (C=N–C) groups is 1. The van der Waals surface area contributed by atoms with Gasteiger partial charge in [0.1, 0.15) is 5.82 Å². The molecule has 0 N–H and O–H groups in total. The van der Waals surface area contributed by atoms with Crippen molar-refractivity contribution >= 4 is 29.5 Å². The number of hydrogen-bond acceptors (Lipinski definition) is 3. The normalized spacial score (nSPS) is 16.1. The third kappa shape index (κ3) is 3.64. The molecule has 3 rings (SSSR count). The topological polar surface area (TPSA) is 38.7 Å². The van der Waals surface area contributed by atoms with Gasteiger partial charge >= 0.3 is 5.97 Å². The van der Waals surface area contributed by atoms with Crippen LogP contribution in [0.3, 0.4) is 0 Å². The Kier molecular flexibility index (Phi) is 4.48. The van der Waals surface area contributed by atoms with Gasteiger partial charge in [-0.15, -0.1) is 0 Å². The van der Waals surface area contributed by atoms with Crippen LogP contribution in [0, 0.1) is 5.82 Å². The van der Waals surface area contributed by atoms with Crippen LogP contribution in [0.2, 0.25) is 5.02 Å². The number of esters is 1. The van der Waals surface area contributed by atoms with Crippen molar-refractivity contribution in [3.05, 3.63) is 75.7 Å². The fourth-order valence-electron chi connectivity index (χ4n) is 2.43. The maximum Gasteiger partial charge on any atom is 0.363 e. The molecule has 0 atom stereocenters. The molecule has 0 fully saturated rings. The van der Waals surface area contributed by atoms with E-state index in [-0.39, 0.29) is 27.6 Å². The molecule has 0 unspecified atom stereocenters. The number of ether oxygens (including phenoxy) is 1. The van der Waals surface area contributed by atoms with Crippen LogP contribution in [0.15, 0.2) is 53.2 Å². The summed E-state index contributed by atoms with van der Waals surface area (Å²) >= 11 is 5.98. The van der Waals surface area contributed by atoms with Crippen molar-refractivity contribution < 1.29 is 13.9 Å². The molecule has 3 nitrogen and oxygen atoms in total. The second kappa shape index (κ2) is 6.45. The Labute approximate surface area is 150 Å². The lowest BCUT2D eigenvalue weighted by Gasteiger charge is -2.18. The smallest absolute Gasteiger partial charge is 0.363 e. The molecule has 0 saturated heterocycles. The molecule has 0 bridgehead atoms. The van der Waals surface area contributed by atoms with Gasteiger partial charge in [-0.05, 0) is 41.3 Å². The van der Waals surface area contributed by atoms with E-state index >= 15 is 0 Å². The first-order valence-electron chi connectivity index (χ1n) is 7.83. The third-order valence-corrected chi connectivity index (χ3v) is 4.23. The summed E-state index contributed by atoms with van der Waals surface area (Å²) in [6.07, 6.45) is 1.30. The van der Waals surface area contributed by atoms with Crippen molar-refractivity contribution in [3.63, 3.8) is 0 Å². The average Bonchev–Trinajstić information content (AvgIpc) is 2.91. The number of rotatable bonds is 2. The number of hydrogen-bond donors (Lipinski definition) is 0. The number of carbonyl (C=O) groups is 1. The largest absolute Gasteiger partial charge is 0.402 e. The number of nitrogens with zero attached hydrogens (tertiary/aromatic N) is 1. The zero-order chi connectivity index (χ0) is 18.2.